The SMILES string of the molecule is COc1ccc(C=O)c2c1O[C@H]1C(OC)(OC)C=CC(=O)[C@@]21CCN(C)C=O. The highest BCUT2D eigenvalue weighted by atomic mass is 16.7. The van der Waals surface area contributed by atoms with Crippen molar-refractivity contribution in [3.8, 4) is 11.5 Å². The van der Waals surface area contributed by atoms with Crippen LogP contribution >= 0.6 is 0 Å². The van der Waals surface area contributed by atoms with Crippen LogP contribution in [0.5, 0.6) is 11.5 Å². The lowest BCUT2D eigenvalue weighted by Crippen LogP contribution is -2.62. The second kappa shape index (κ2) is 7.37. The van der Waals surface area contributed by atoms with Crippen molar-refractivity contribution >= 4 is 18.5 Å². The van der Waals surface area contributed by atoms with Crippen molar-refractivity contribution < 1.29 is 33.3 Å². The Labute approximate surface area is 163 Å². The van der Waals surface area contributed by atoms with Gasteiger partial charge >= 0.3 is 0 Å². The zero-order valence-corrected chi connectivity index (χ0v) is 16.3. The monoisotopic (exact) mass is 389 g/mol. The quantitative estimate of drug-likeness (QED) is 0.486. The lowest BCUT2D eigenvalue weighted by Gasteiger charge is -2.44. The van der Waals surface area contributed by atoms with E-state index in [9.17, 15) is 14.4 Å². The highest BCUT2D eigenvalue weighted by molar-refractivity contribution is 6.04. The van der Waals surface area contributed by atoms with E-state index in [-0.39, 0.29) is 18.7 Å². The second-order valence-corrected chi connectivity index (χ2v) is 6.81. The van der Waals surface area contributed by atoms with Gasteiger partial charge in [-0.15, -0.1) is 0 Å². The van der Waals surface area contributed by atoms with Crippen molar-refractivity contribution in [3.63, 3.8) is 0 Å². The van der Waals surface area contributed by atoms with Crippen molar-refractivity contribution in [3.05, 3.63) is 35.4 Å². The number of ether oxygens (including phenoxy) is 4. The molecule has 150 valence electrons. The van der Waals surface area contributed by atoms with Crippen LogP contribution in [0.3, 0.4) is 0 Å². The maximum atomic E-state index is 13.3. The summed E-state index contributed by atoms with van der Waals surface area (Å²) in [6, 6.07) is 3.21. The van der Waals surface area contributed by atoms with Gasteiger partial charge in [-0.1, -0.05) is 0 Å². The second-order valence-electron chi connectivity index (χ2n) is 6.81. The molecule has 1 aliphatic heterocycles. The minimum absolute atomic E-state index is 0.214. The summed E-state index contributed by atoms with van der Waals surface area (Å²) in [5.74, 6) is -0.900. The van der Waals surface area contributed by atoms with Gasteiger partial charge in [0.1, 0.15) is 5.41 Å². The van der Waals surface area contributed by atoms with Gasteiger partial charge in [0, 0.05) is 38.9 Å². The number of fused-ring (bicyclic) bond motifs is 3. The summed E-state index contributed by atoms with van der Waals surface area (Å²) in [5.41, 5.74) is -0.534. The Morgan fingerprint density at radius 2 is 1.93 bits per heavy atom. The molecule has 0 spiro atoms. The van der Waals surface area contributed by atoms with Crippen LogP contribution in [0.2, 0.25) is 0 Å². The fraction of sp³-hybridized carbons (Fsp3) is 0.450. The van der Waals surface area contributed by atoms with E-state index < -0.39 is 17.3 Å². The average molecular weight is 389 g/mol. The van der Waals surface area contributed by atoms with E-state index in [0.29, 0.717) is 35.3 Å². The van der Waals surface area contributed by atoms with Gasteiger partial charge in [-0.2, -0.15) is 0 Å². The standard InChI is InChI=1S/C20H23NO7/c1-21(12-23)10-9-19-15(24)7-8-20(26-3,27-4)18(19)28-17-14(25-2)6-5-13(11-22)16(17)19/h5-8,11-12,18H,9-10H2,1-4H3/t18-,19+/m1/s1. The highest BCUT2D eigenvalue weighted by Gasteiger charge is 2.65. The van der Waals surface area contributed by atoms with Crippen LogP contribution in [0, 0.1) is 0 Å². The number of nitrogens with zero attached hydrogens (tertiary/aromatic N) is 1. The van der Waals surface area contributed by atoms with Gasteiger partial charge in [-0.25, -0.2) is 0 Å². The smallest absolute Gasteiger partial charge is 0.227 e. The lowest BCUT2D eigenvalue weighted by atomic mass is 9.65. The number of amides is 1. The molecule has 1 aliphatic carbocycles. The number of hydrogen-bond donors (Lipinski definition) is 0. The molecule has 2 aliphatic rings. The molecule has 2 atom stereocenters. The summed E-state index contributed by atoms with van der Waals surface area (Å²) in [4.78, 5) is 37.7. The number of carbonyl (C=O) groups is 3. The van der Waals surface area contributed by atoms with Gasteiger partial charge in [-0.05, 0) is 30.7 Å². The first-order chi connectivity index (χ1) is 13.4. The number of aldehydes is 1. The number of methoxy groups -OCH3 is 3. The van der Waals surface area contributed by atoms with Gasteiger partial charge < -0.3 is 23.8 Å². The van der Waals surface area contributed by atoms with Crippen LogP contribution in [-0.4, -0.2) is 70.2 Å². The van der Waals surface area contributed by atoms with Crippen LogP contribution in [0.4, 0.5) is 0 Å². The number of rotatable bonds is 8. The van der Waals surface area contributed by atoms with Crippen molar-refractivity contribution in [1.29, 1.82) is 0 Å². The van der Waals surface area contributed by atoms with Crippen LogP contribution < -0.4 is 9.47 Å². The molecule has 0 unspecified atom stereocenters. The predicted molar refractivity (Wildman–Crippen MR) is 98.7 cm³/mol. The summed E-state index contributed by atoms with van der Waals surface area (Å²) < 4.78 is 22.9. The van der Waals surface area contributed by atoms with Crippen LogP contribution in [0.1, 0.15) is 22.3 Å². The van der Waals surface area contributed by atoms with E-state index in [1.807, 2.05) is 0 Å². The predicted octanol–water partition coefficient (Wildman–Crippen LogP) is 1.11. The molecule has 0 N–H and O–H groups in total. The number of benzene rings is 1. The highest BCUT2D eigenvalue weighted by Crippen LogP contribution is 2.56. The van der Waals surface area contributed by atoms with Crippen LogP contribution in [0.25, 0.3) is 0 Å². The van der Waals surface area contributed by atoms with E-state index in [1.165, 1.54) is 38.4 Å². The first-order valence-electron chi connectivity index (χ1n) is 8.77. The Morgan fingerprint density at radius 1 is 1.21 bits per heavy atom. The molecular formula is C20H23NO7. The third-order valence-electron chi connectivity index (χ3n) is 5.58. The number of allylic oxidation sites excluding steroid dienone is 1. The van der Waals surface area contributed by atoms with Gasteiger partial charge in [0.05, 0.1) is 7.11 Å². The molecule has 0 bridgehead atoms. The average Bonchev–Trinajstić information content (AvgIpc) is 3.10. The Morgan fingerprint density at radius 3 is 2.50 bits per heavy atom. The van der Waals surface area contributed by atoms with E-state index in [2.05, 4.69) is 0 Å². The Bertz CT molecular complexity index is 830. The maximum Gasteiger partial charge on any atom is 0.227 e. The van der Waals surface area contributed by atoms with Gasteiger partial charge in [-0.3, -0.25) is 14.4 Å². The summed E-state index contributed by atoms with van der Waals surface area (Å²) in [5, 5.41) is 0. The molecule has 0 saturated carbocycles. The minimum Gasteiger partial charge on any atom is -0.493 e. The summed E-state index contributed by atoms with van der Waals surface area (Å²) >= 11 is 0. The molecule has 28 heavy (non-hydrogen) atoms. The molecular weight excluding hydrogens is 366 g/mol. The van der Waals surface area contributed by atoms with E-state index in [4.69, 9.17) is 18.9 Å². The molecule has 1 amide bonds. The topological polar surface area (TPSA) is 91.4 Å². The molecule has 0 aromatic heterocycles. The zero-order valence-electron chi connectivity index (χ0n) is 16.3. The van der Waals surface area contributed by atoms with Crippen LogP contribution in [0.15, 0.2) is 24.3 Å². The molecule has 8 heteroatoms. The zero-order chi connectivity index (χ0) is 20.5. The van der Waals surface area contributed by atoms with E-state index in [1.54, 1.807) is 19.2 Å². The molecule has 1 aromatic carbocycles. The first-order valence-corrected chi connectivity index (χ1v) is 8.77. The number of ketones is 1. The largest absolute Gasteiger partial charge is 0.493 e. The fourth-order valence-electron chi connectivity index (χ4n) is 4.09. The fourth-order valence-corrected chi connectivity index (χ4v) is 4.09. The number of carbonyl (C=O) groups excluding carboxylic acids is 3. The Balaban J connectivity index is 2.30. The molecule has 8 nitrogen and oxygen atoms in total. The molecule has 3 rings (SSSR count). The lowest BCUT2D eigenvalue weighted by molar-refractivity contribution is -0.232. The van der Waals surface area contributed by atoms with Crippen molar-refractivity contribution in [2.24, 2.45) is 0 Å². The summed E-state index contributed by atoms with van der Waals surface area (Å²) in [6.07, 6.45) is 3.57. The first kappa shape index (κ1) is 20.0. The number of hydrogen-bond acceptors (Lipinski definition) is 7. The normalized spacial score (nSPS) is 24.1. The molecule has 0 saturated heterocycles. The minimum atomic E-state index is -1.35. The summed E-state index contributed by atoms with van der Waals surface area (Å²) in [7, 11) is 6.01. The molecule has 0 radical (unpaired) electrons. The van der Waals surface area contributed by atoms with Gasteiger partial charge in [0.15, 0.2) is 29.7 Å². The summed E-state index contributed by atoms with van der Waals surface area (Å²) in [6.45, 7) is 0.265. The van der Waals surface area contributed by atoms with Crippen molar-refractivity contribution in [2.45, 2.75) is 23.7 Å². The Hall–Kier alpha value is -2.71. The van der Waals surface area contributed by atoms with Crippen molar-refractivity contribution in [1.82, 2.24) is 4.90 Å². The Kier molecular flexibility index (Phi) is 5.27. The van der Waals surface area contributed by atoms with E-state index >= 15 is 0 Å². The molecule has 1 heterocycles. The van der Waals surface area contributed by atoms with E-state index in [0.717, 1.165) is 0 Å². The molecule has 1 aromatic rings. The molecule has 0 fully saturated rings. The van der Waals surface area contributed by atoms with Gasteiger partial charge in [0.2, 0.25) is 12.2 Å². The van der Waals surface area contributed by atoms with Crippen molar-refractivity contribution in [2.75, 3.05) is 34.9 Å². The third-order valence-corrected chi connectivity index (χ3v) is 5.58. The maximum absolute atomic E-state index is 13.3. The third kappa shape index (κ3) is 2.63. The van der Waals surface area contributed by atoms with Gasteiger partial charge in [0.25, 0.3) is 0 Å². The van der Waals surface area contributed by atoms with Crippen LogP contribution in [-0.2, 0) is 24.5 Å².